The average Bonchev–Trinajstić information content (AvgIpc) is 2.92. The molecule has 38 heavy (non-hydrogen) atoms. The molecule has 0 aromatic heterocycles. The summed E-state index contributed by atoms with van der Waals surface area (Å²) in [5, 5.41) is 0. The van der Waals surface area contributed by atoms with Crippen molar-refractivity contribution in [3.8, 4) is 0 Å². The van der Waals surface area contributed by atoms with E-state index in [4.69, 9.17) is 0 Å². The minimum absolute atomic E-state index is 0. The molecular formula is C36H76BrP. The van der Waals surface area contributed by atoms with E-state index in [0.29, 0.717) is 0 Å². The molecule has 0 saturated heterocycles. The fraction of sp³-hybridized carbons (Fsp3) is 1.00. The zero-order valence-corrected chi connectivity index (χ0v) is 29.9. The van der Waals surface area contributed by atoms with Crippen LogP contribution in [0.3, 0.4) is 0 Å². The molecule has 0 amide bonds. The number of halogens is 1. The van der Waals surface area contributed by atoms with Crippen LogP contribution in [-0.2, 0) is 0 Å². The fourth-order valence-electron chi connectivity index (χ4n) is 6.25. The van der Waals surface area contributed by atoms with Gasteiger partial charge in [-0.3, -0.25) is 0 Å². The van der Waals surface area contributed by atoms with Crippen LogP contribution in [0.4, 0.5) is 0 Å². The Kier molecular flexibility index (Phi) is 36.8. The highest BCUT2D eigenvalue weighted by Crippen LogP contribution is 2.59. The lowest BCUT2D eigenvalue weighted by Gasteiger charge is -2.25. The molecule has 0 unspecified atom stereocenters. The van der Waals surface area contributed by atoms with E-state index in [2.05, 4.69) is 27.7 Å². The predicted molar refractivity (Wildman–Crippen MR) is 178 cm³/mol. The van der Waals surface area contributed by atoms with Gasteiger partial charge in [0.1, 0.15) is 0 Å². The van der Waals surface area contributed by atoms with Gasteiger partial charge >= 0.3 is 0 Å². The van der Waals surface area contributed by atoms with E-state index >= 15 is 0 Å². The molecular weight excluding hydrogens is 543 g/mol. The summed E-state index contributed by atoms with van der Waals surface area (Å²) in [6, 6.07) is 0. The molecule has 0 fully saturated rings. The lowest BCUT2D eigenvalue weighted by Crippen LogP contribution is -3.00. The molecule has 2 heteroatoms. The first-order valence-corrected chi connectivity index (χ1v) is 20.6. The van der Waals surface area contributed by atoms with Gasteiger partial charge in [0.2, 0.25) is 0 Å². The molecule has 0 atom stereocenters. The van der Waals surface area contributed by atoms with Gasteiger partial charge in [0.05, 0.1) is 24.6 Å². The van der Waals surface area contributed by atoms with Gasteiger partial charge in [-0.25, -0.2) is 0 Å². The molecule has 0 bridgehead atoms. The number of hydrogen-bond acceptors (Lipinski definition) is 0. The van der Waals surface area contributed by atoms with Crippen LogP contribution in [0, 0.1) is 0 Å². The normalized spacial score (nSPS) is 11.7. The SMILES string of the molecule is CCCCCCCCCCCCCCCC[P+](CC)(CC)CCCCCCCCCCCCCCCC.[Br-]. The molecule has 0 aromatic carbocycles. The Morgan fingerprint density at radius 2 is 0.447 bits per heavy atom. The number of rotatable bonds is 32. The maximum atomic E-state index is 2.52. The highest BCUT2D eigenvalue weighted by Gasteiger charge is 2.31. The minimum Gasteiger partial charge on any atom is -1.00 e. The van der Waals surface area contributed by atoms with Crippen molar-refractivity contribution >= 4 is 7.26 Å². The zero-order chi connectivity index (χ0) is 27.1. The van der Waals surface area contributed by atoms with Crippen molar-refractivity contribution < 1.29 is 17.0 Å². The van der Waals surface area contributed by atoms with Gasteiger partial charge in [0, 0.05) is 7.26 Å². The smallest absolute Gasteiger partial charge is 0.0594 e. The first-order valence-electron chi connectivity index (χ1n) is 18.1. The van der Waals surface area contributed by atoms with E-state index in [1.807, 2.05) is 0 Å². The molecule has 0 saturated carbocycles. The second kappa shape index (κ2) is 34.1. The second-order valence-electron chi connectivity index (χ2n) is 12.6. The van der Waals surface area contributed by atoms with Gasteiger partial charge in [0.25, 0.3) is 0 Å². The second-order valence-corrected chi connectivity index (χ2v) is 17.5. The Bertz CT molecular complexity index is 372. The quantitative estimate of drug-likeness (QED) is 0.0519. The Morgan fingerprint density at radius 3 is 0.632 bits per heavy atom. The lowest BCUT2D eigenvalue weighted by atomic mass is 10.0. The van der Waals surface area contributed by atoms with Crippen molar-refractivity contribution in [1.82, 2.24) is 0 Å². The third-order valence-corrected chi connectivity index (χ3v) is 14.5. The third kappa shape index (κ3) is 28.4. The predicted octanol–water partition coefficient (Wildman–Crippen LogP) is 11.0. The summed E-state index contributed by atoms with van der Waals surface area (Å²) in [5.74, 6) is 0. The van der Waals surface area contributed by atoms with Crippen LogP contribution in [0.1, 0.15) is 207 Å². The monoisotopic (exact) mass is 618 g/mol. The molecule has 0 aliphatic rings. The van der Waals surface area contributed by atoms with E-state index in [9.17, 15) is 0 Å². The van der Waals surface area contributed by atoms with Gasteiger partial charge in [-0.2, -0.15) is 0 Å². The Morgan fingerprint density at radius 1 is 0.263 bits per heavy atom. The maximum absolute atomic E-state index is 2.52. The summed E-state index contributed by atoms with van der Waals surface area (Å²) in [6.07, 6.45) is 47.8. The first kappa shape index (κ1) is 41.0. The molecule has 0 spiro atoms. The summed E-state index contributed by atoms with van der Waals surface area (Å²) in [6.45, 7) is 9.66. The average molecular weight is 620 g/mol. The van der Waals surface area contributed by atoms with E-state index < -0.39 is 7.26 Å². The summed E-state index contributed by atoms with van der Waals surface area (Å²) >= 11 is 0. The molecule has 0 aliphatic heterocycles. The molecule has 0 aliphatic carbocycles. The van der Waals surface area contributed by atoms with Crippen molar-refractivity contribution in [2.75, 3.05) is 24.6 Å². The number of hydrogen-bond donors (Lipinski definition) is 0. The molecule has 0 heterocycles. The summed E-state index contributed by atoms with van der Waals surface area (Å²) < 4.78 is 0. The van der Waals surface area contributed by atoms with Crippen LogP contribution >= 0.6 is 7.26 Å². The van der Waals surface area contributed by atoms with E-state index in [1.54, 1.807) is 12.3 Å². The topological polar surface area (TPSA) is 0 Å². The van der Waals surface area contributed by atoms with Crippen molar-refractivity contribution in [2.45, 2.75) is 207 Å². The van der Waals surface area contributed by atoms with Crippen molar-refractivity contribution in [1.29, 1.82) is 0 Å². The first-order chi connectivity index (χ1) is 18.2. The van der Waals surface area contributed by atoms with Crippen LogP contribution in [0.25, 0.3) is 0 Å². The van der Waals surface area contributed by atoms with Crippen LogP contribution in [0.5, 0.6) is 0 Å². The molecule has 0 nitrogen and oxygen atoms in total. The van der Waals surface area contributed by atoms with Gasteiger partial charge in [-0.05, 0) is 39.5 Å². The number of unbranched alkanes of at least 4 members (excludes halogenated alkanes) is 26. The van der Waals surface area contributed by atoms with E-state index in [1.165, 1.54) is 192 Å². The van der Waals surface area contributed by atoms with E-state index in [0.717, 1.165) is 0 Å². The molecule has 0 rings (SSSR count). The summed E-state index contributed by atoms with van der Waals surface area (Å²) in [7, 11) is -0.627. The molecule has 0 radical (unpaired) electrons. The lowest BCUT2D eigenvalue weighted by molar-refractivity contribution is -0.00000839. The third-order valence-electron chi connectivity index (χ3n) is 9.31. The zero-order valence-electron chi connectivity index (χ0n) is 27.5. The van der Waals surface area contributed by atoms with E-state index in [-0.39, 0.29) is 17.0 Å². The standard InChI is InChI=1S/C36H76P.BrH/c1-5-9-11-13-15-17-19-21-23-25-27-29-31-33-35-37(7-3,8-4)36-34-32-30-28-26-24-22-20-18-16-14-12-10-6-2;/h5-36H2,1-4H3;1H/q+1;/p-1. The Balaban J connectivity index is 0. The van der Waals surface area contributed by atoms with Crippen LogP contribution in [0.15, 0.2) is 0 Å². The summed E-state index contributed by atoms with van der Waals surface area (Å²) in [4.78, 5) is 0. The molecule has 0 aromatic rings. The molecule has 0 N–H and O–H groups in total. The Hall–Kier alpha value is 0.910. The minimum atomic E-state index is -0.627. The van der Waals surface area contributed by atoms with Crippen molar-refractivity contribution in [3.63, 3.8) is 0 Å². The largest absolute Gasteiger partial charge is 1.00 e. The highest BCUT2D eigenvalue weighted by molar-refractivity contribution is 7.75. The van der Waals surface area contributed by atoms with Gasteiger partial charge in [0.15, 0.2) is 0 Å². The van der Waals surface area contributed by atoms with Crippen LogP contribution in [0.2, 0.25) is 0 Å². The van der Waals surface area contributed by atoms with Gasteiger partial charge in [-0.15, -0.1) is 0 Å². The Labute approximate surface area is 255 Å². The molecule has 232 valence electrons. The van der Waals surface area contributed by atoms with Gasteiger partial charge in [-0.1, -0.05) is 168 Å². The maximum Gasteiger partial charge on any atom is 0.0594 e. The summed E-state index contributed by atoms with van der Waals surface area (Å²) in [5.41, 5.74) is 0. The highest BCUT2D eigenvalue weighted by atomic mass is 79.9. The van der Waals surface area contributed by atoms with Crippen LogP contribution in [-0.4, -0.2) is 24.6 Å². The van der Waals surface area contributed by atoms with Gasteiger partial charge < -0.3 is 17.0 Å². The fourth-order valence-corrected chi connectivity index (χ4v) is 9.98. The van der Waals surface area contributed by atoms with Crippen LogP contribution < -0.4 is 17.0 Å². The van der Waals surface area contributed by atoms with Crippen molar-refractivity contribution in [2.24, 2.45) is 0 Å². The van der Waals surface area contributed by atoms with Crippen molar-refractivity contribution in [3.05, 3.63) is 0 Å².